The largest absolute Gasteiger partial charge is 0.496 e. The molecule has 1 amide bonds. The van der Waals surface area contributed by atoms with Crippen LogP contribution in [0.15, 0.2) is 24.3 Å². The van der Waals surface area contributed by atoms with Crippen LogP contribution >= 0.6 is 0 Å². The van der Waals surface area contributed by atoms with Gasteiger partial charge in [-0.05, 0) is 12.0 Å². The second kappa shape index (κ2) is 7.01. The molecule has 0 bridgehead atoms. The van der Waals surface area contributed by atoms with Crippen LogP contribution in [0, 0.1) is 5.92 Å². The van der Waals surface area contributed by atoms with E-state index in [-0.39, 0.29) is 11.9 Å². The molecule has 100 valence electrons. The Morgan fingerprint density at radius 2 is 2.06 bits per heavy atom. The van der Waals surface area contributed by atoms with Crippen LogP contribution in [0.1, 0.15) is 19.4 Å². The third kappa shape index (κ3) is 4.04. The van der Waals surface area contributed by atoms with Gasteiger partial charge in [-0.25, -0.2) is 0 Å². The standard InChI is InChI=1S/C14H22N2O2/c1-10(2)12(9-15)16-14(17)8-11-6-4-5-7-13(11)18-3/h4-7,10,12H,8-9,15H2,1-3H3,(H,16,17). The Labute approximate surface area is 109 Å². The lowest BCUT2D eigenvalue weighted by atomic mass is 10.0. The second-order valence-corrected chi connectivity index (χ2v) is 4.64. The quantitative estimate of drug-likeness (QED) is 0.800. The summed E-state index contributed by atoms with van der Waals surface area (Å²) < 4.78 is 5.22. The summed E-state index contributed by atoms with van der Waals surface area (Å²) in [6.07, 6.45) is 0.313. The minimum Gasteiger partial charge on any atom is -0.496 e. The van der Waals surface area contributed by atoms with Gasteiger partial charge in [0.05, 0.1) is 13.5 Å². The SMILES string of the molecule is COc1ccccc1CC(=O)NC(CN)C(C)C. The zero-order valence-corrected chi connectivity index (χ0v) is 11.3. The molecule has 0 aliphatic heterocycles. The summed E-state index contributed by atoms with van der Waals surface area (Å²) in [6.45, 7) is 4.54. The van der Waals surface area contributed by atoms with Crippen molar-refractivity contribution in [2.45, 2.75) is 26.3 Å². The molecule has 1 aromatic rings. The topological polar surface area (TPSA) is 64.3 Å². The minimum absolute atomic E-state index is 0.0206. The van der Waals surface area contributed by atoms with E-state index < -0.39 is 0 Å². The van der Waals surface area contributed by atoms with Gasteiger partial charge in [0.2, 0.25) is 5.91 Å². The van der Waals surface area contributed by atoms with E-state index in [1.807, 2.05) is 38.1 Å². The Hall–Kier alpha value is -1.55. The molecular formula is C14H22N2O2. The van der Waals surface area contributed by atoms with E-state index >= 15 is 0 Å². The number of methoxy groups -OCH3 is 1. The van der Waals surface area contributed by atoms with Crippen LogP contribution < -0.4 is 15.8 Å². The third-order valence-corrected chi connectivity index (χ3v) is 2.95. The van der Waals surface area contributed by atoms with Gasteiger partial charge in [0.15, 0.2) is 0 Å². The molecule has 0 aromatic heterocycles. The maximum atomic E-state index is 11.9. The van der Waals surface area contributed by atoms with Gasteiger partial charge < -0.3 is 15.8 Å². The van der Waals surface area contributed by atoms with Gasteiger partial charge in [0.25, 0.3) is 0 Å². The van der Waals surface area contributed by atoms with Crippen molar-refractivity contribution >= 4 is 5.91 Å². The van der Waals surface area contributed by atoms with Crippen LogP contribution in [0.25, 0.3) is 0 Å². The highest BCUT2D eigenvalue weighted by atomic mass is 16.5. The number of nitrogens with one attached hydrogen (secondary N) is 1. The fourth-order valence-corrected chi connectivity index (χ4v) is 1.78. The van der Waals surface area contributed by atoms with Gasteiger partial charge in [-0.15, -0.1) is 0 Å². The first-order chi connectivity index (χ1) is 8.58. The molecule has 1 unspecified atom stereocenters. The van der Waals surface area contributed by atoms with E-state index in [4.69, 9.17) is 10.5 Å². The number of nitrogens with two attached hydrogens (primary N) is 1. The van der Waals surface area contributed by atoms with Crippen LogP contribution in [-0.2, 0) is 11.2 Å². The Balaban J connectivity index is 2.64. The average molecular weight is 250 g/mol. The van der Waals surface area contributed by atoms with Crippen molar-refractivity contribution in [3.05, 3.63) is 29.8 Å². The monoisotopic (exact) mass is 250 g/mol. The lowest BCUT2D eigenvalue weighted by molar-refractivity contribution is -0.121. The van der Waals surface area contributed by atoms with Gasteiger partial charge in [-0.1, -0.05) is 32.0 Å². The van der Waals surface area contributed by atoms with E-state index in [0.29, 0.717) is 18.9 Å². The number of benzene rings is 1. The molecular weight excluding hydrogens is 228 g/mol. The molecule has 1 atom stereocenters. The number of hydrogen-bond acceptors (Lipinski definition) is 3. The van der Waals surface area contributed by atoms with Crippen molar-refractivity contribution < 1.29 is 9.53 Å². The Kier molecular flexibility index (Phi) is 5.65. The first-order valence-corrected chi connectivity index (χ1v) is 6.19. The highest BCUT2D eigenvalue weighted by molar-refractivity contribution is 5.79. The average Bonchev–Trinajstić information content (AvgIpc) is 2.36. The summed E-state index contributed by atoms with van der Waals surface area (Å²) in [4.78, 5) is 11.9. The van der Waals surface area contributed by atoms with Crippen LogP contribution in [-0.4, -0.2) is 25.6 Å². The van der Waals surface area contributed by atoms with Gasteiger partial charge in [0, 0.05) is 18.2 Å². The van der Waals surface area contributed by atoms with Crippen molar-refractivity contribution in [3.63, 3.8) is 0 Å². The van der Waals surface area contributed by atoms with Crippen molar-refractivity contribution in [1.29, 1.82) is 0 Å². The van der Waals surface area contributed by atoms with Crippen molar-refractivity contribution in [2.75, 3.05) is 13.7 Å². The summed E-state index contributed by atoms with van der Waals surface area (Å²) in [7, 11) is 1.60. The van der Waals surface area contributed by atoms with Crippen LogP contribution in [0.2, 0.25) is 0 Å². The van der Waals surface area contributed by atoms with E-state index in [1.54, 1.807) is 7.11 Å². The Morgan fingerprint density at radius 3 is 2.61 bits per heavy atom. The van der Waals surface area contributed by atoms with E-state index in [9.17, 15) is 4.79 Å². The van der Waals surface area contributed by atoms with Gasteiger partial charge >= 0.3 is 0 Å². The van der Waals surface area contributed by atoms with Gasteiger partial charge in [-0.3, -0.25) is 4.79 Å². The summed E-state index contributed by atoms with van der Waals surface area (Å²) >= 11 is 0. The number of hydrogen-bond donors (Lipinski definition) is 2. The van der Waals surface area contributed by atoms with E-state index in [1.165, 1.54) is 0 Å². The van der Waals surface area contributed by atoms with E-state index in [0.717, 1.165) is 11.3 Å². The first kappa shape index (κ1) is 14.5. The number of amides is 1. The minimum atomic E-state index is -0.0244. The summed E-state index contributed by atoms with van der Waals surface area (Å²) in [6, 6.07) is 7.55. The van der Waals surface area contributed by atoms with Gasteiger partial charge in [-0.2, -0.15) is 0 Å². The molecule has 18 heavy (non-hydrogen) atoms. The van der Waals surface area contributed by atoms with Crippen LogP contribution in [0.3, 0.4) is 0 Å². The highest BCUT2D eigenvalue weighted by Gasteiger charge is 2.15. The van der Waals surface area contributed by atoms with Crippen molar-refractivity contribution in [3.8, 4) is 5.75 Å². The predicted octanol–water partition coefficient (Wildman–Crippen LogP) is 1.34. The molecule has 0 saturated carbocycles. The third-order valence-electron chi connectivity index (χ3n) is 2.95. The fraction of sp³-hybridized carbons (Fsp3) is 0.500. The maximum absolute atomic E-state index is 11.9. The highest BCUT2D eigenvalue weighted by Crippen LogP contribution is 2.17. The first-order valence-electron chi connectivity index (χ1n) is 6.19. The lowest BCUT2D eigenvalue weighted by Gasteiger charge is -2.20. The molecule has 0 saturated heterocycles. The molecule has 0 heterocycles. The fourth-order valence-electron chi connectivity index (χ4n) is 1.78. The molecule has 0 aliphatic carbocycles. The van der Waals surface area contributed by atoms with Gasteiger partial charge in [0.1, 0.15) is 5.75 Å². The van der Waals surface area contributed by atoms with Crippen LogP contribution in [0.5, 0.6) is 5.75 Å². The molecule has 4 heteroatoms. The molecule has 3 N–H and O–H groups in total. The number of para-hydroxylation sites is 1. The summed E-state index contributed by atoms with van der Waals surface area (Å²) in [5.41, 5.74) is 6.52. The molecule has 0 fully saturated rings. The van der Waals surface area contributed by atoms with Crippen molar-refractivity contribution in [1.82, 2.24) is 5.32 Å². The zero-order chi connectivity index (χ0) is 13.5. The molecule has 1 aromatic carbocycles. The predicted molar refractivity (Wildman–Crippen MR) is 72.5 cm³/mol. The van der Waals surface area contributed by atoms with Crippen LogP contribution in [0.4, 0.5) is 0 Å². The molecule has 0 aliphatic rings. The Bertz CT molecular complexity index is 391. The molecule has 0 radical (unpaired) electrons. The second-order valence-electron chi connectivity index (χ2n) is 4.64. The molecule has 0 spiro atoms. The smallest absolute Gasteiger partial charge is 0.224 e. The normalized spacial score (nSPS) is 12.3. The Morgan fingerprint density at radius 1 is 1.39 bits per heavy atom. The van der Waals surface area contributed by atoms with Crippen molar-refractivity contribution in [2.24, 2.45) is 11.7 Å². The summed E-state index contributed by atoms with van der Waals surface area (Å²) in [5, 5.41) is 2.95. The summed E-state index contributed by atoms with van der Waals surface area (Å²) in [5.74, 6) is 1.04. The van der Waals surface area contributed by atoms with E-state index in [2.05, 4.69) is 5.32 Å². The number of carbonyl (C=O) groups is 1. The number of rotatable bonds is 6. The molecule has 4 nitrogen and oxygen atoms in total. The number of carbonyl (C=O) groups excluding carboxylic acids is 1. The lowest BCUT2D eigenvalue weighted by Crippen LogP contribution is -2.44. The molecule has 1 rings (SSSR count). The number of ether oxygens (including phenoxy) is 1. The zero-order valence-electron chi connectivity index (χ0n) is 11.3. The maximum Gasteiger partial charge on any atom is 0.224 e.